The van der Waals surface area contributed by atoms with Gasteiger partial charge in [-0.2, -0.15) is 0 Å². The molecule has 1 aliphatic heterocycles. The molecule has 2 aliphatic rings. The summed E-state index contributed by atoms with van der Waals surface area (Å²) >= 11 is 0. The first-order chi connectivity index (χ1) is 13.7. The first kappa shape index (κ1) is 16.8. The van der Waals surface area contributed by atoms with E-state index in [-0.39, 0.29) is 23.7 Å². The molecule has 3 aromatic rings. The first-order valence-corrected chi connectivity index (χ1v) is 9.50. The van der Waals surface area contributed by atoms with Gasteiger partial charge in [-0.25, -0.2) is 0 Å². The largest absolute Gasteiger partial charge is 0.457 e. The molecule has 0 aromatic heterocycles. The predicted molar refractivity (Wildman–Crippen MR) is 108 cm³/mol. The lowest BCUT2D eigenvalue weighted by atomic mass is 9.85. The molecular formula is C24H19NO3. The molecule has 4 heteroatoms. The van der Waals surface area contributed by atoms with Gasteiger partial charge in [0.05, 0.1) is 17.5 Å². The van der Waals surface area contributed by atoms with Crippen molar-refractivity contribution in [1.82, 2.24) is 0 Å². The summed E-state index contributed by atoms with van der Waals surface area (Å²) in [6.45, 7) is 0. The fraction of sp³-hybridized carbons (Fsp3) is 0.167. The summed E-state index contributed by atoms with van der Waals surface area (Å²) in [6.07, 6.45) is 5.29. The van der Waals surface area contributed by atoms with E-state index in [2.05, 4.69) is 6.07 Å². The molecule has 1 heterocycles. The molecule has 0 saturated carbocycles. The predicted octanol–water partition coefficient (Wildman–Crippen LogP) is 5.09. The average molecular weight is 369 g/mol. The highest BCUT2D eigenvalue weighted by molar-refractivity contribution is 6.22. The smallest absolute Gasteiger partial charge is 0.238 e. The van der Waals surface area contributed by atoms with Gasteiger partial charge in [0.15, 0.2) is 0 Å². The Morgan fingerprint density at radius 2 is 1.32 bits per heavy atom. The van der Waals surface area contributed by atoms with Gasteiger partial charge in [-0.15, -0.1) is 0 Å². The zero-order valence-corrected chi connectivity index (χ0v) is 15.2. The summed E-state index contributed by atoms with van der Waals surface area (Å²) in [5.74, 6) is 0.788. The molecule has 1 aliphatic carbocycles. The summed E-state index contributed by atoms with van der Waals surface area (Å²) in [5.41, 5.74) is 0.607. The van der Waals surface area contributed by atoms with Gasteiger partial charge in [0.1, 0.15) is 11.5 Å². The SMILES string of the molecule is O=C1[C@H]2CC=CC[C@@H]2C(=O)N1c1ccc(Oc2ccc3ccccc3c2)cc1. The van der Waals surface area contributed by atoms with Crippen molar-refractivity contribution < 1.29 is 14.3 Å². The lowest BCUT2D eigenvalue weighted by Crippen LogP contribution is -2.30. The lowest BCUT2D eigenvalue weighted by Gasteiger charge is -2.15. The Morgan fingerprint density at radius 1 is 0.714 bits per heavy atom. The first-order valence-electron chi connectivity index (χ1n) is 9.50. The summed E-state index contributed by atoms with van der Waals surface area (Å²) in [4.78, 5) is 26.7. The summed E-state index contributed by atoms with van der Waals surface area (Å²) in [7, 11) is 0. The topological polar surface area (TPSA) is 46.6 Å². The van der Waals surface area contributed by atoms with Crippen LogP contribution in [-0.4, -0.2) is 11.8 Å². The zero-order chi connectivity index (χ0) is 19.1. The summed E-state index contributed by atoms with van der Waals surface area (Å²) in [6, 6.07) is 21.2. The van der Waals surface area contributed by atoms with Crippen molar-refractivity contribution in [2.45, 2.75) is 12.8 Å². The number of anilines is 1. The van der Waals surface area contributed by atoms with Crippen LogP contribution >= 0.6 is 0 Å². The lowest BCUT2D eigenvalue weighted by molar-refractivity contribution is -0.122. The van der Waals surface area contributed by atoms with Crippen LogP contribution in [0, 0.1) is 11.8 Å². The van der Waals surface area contributed by atoms with E-state index in [0.29, 0.717) is 24.3 Å². The Kier molecular flexibility index (Phi) is 3.97. The maximum Gasteiger partial charge on any atom is 0.238 e. The van der Waals surface area contributed by atoms with Gasteiger partial charge in [0, 0.05) is 0 Å². The highest BCUT2D eigenvalue weighted by atomic mass is 16.5. The molecule has 0 radical (unpaired) electrons. The minimum atomic E-state index is -0.217. The normalized spacial score (nSPS) is 21.2. The number of hydrogen-bond donors (Lipinski definition) is 0. The van der Waals surface area contributed by atoms with Crippen LogP contribution in [0.5, 0.6) is 11.5 Å². The third-order valence-electron chi connectivity index (χ3n) is 5.56. The molecule has 2 atom stereocenters. The Hall–Kier alpha value is -3.40. The molecule has 3 aromatic carbocycles. The maximum atomic E-state index is 12.7. The van der Waals surface area contributed by atoms with Crippen molar-refractivity contribution in [3.8, 4) is 11.5 Å². The molecular weight excluding hydrogens is 350 g/mol. The van der Waals surface area contributed by atoms with Gasteiger partial charge in [-0.3, -0.25) is 14.5 Å². The minimum absolute atomic E-state index is 0.0949. The van der Waals surface area contributed by atoms with Crippen molar-refractivity contribution in [2.24, 2.45) is 11.8 Å². The third kappa shape index (κ3) is 2.78. The number of imide groups is 1. The van der Waals surface area contributed by atoms with E-state index >= 15 is 0 Å². The van der Waals surface area contributed by atoms with Crippen molar-refractivity contribution in [3.63, 3.8) is 0 Å². The molecule has 0 spiro atoms. The molecule has 1 fully saturated rings. The monoisotopic (exact) mass is 369 g/mol. The van der Waals surface area contributed by atoms with Crippen LogP contribution in [-0.2, 0) is 9.59 Å². The number of ether oxygens (including phenoxy) is 1. The second-order valence-electron chi connectivity index (χ2n) is 7.27. The molecule has 5 rings (SSSR count). The van der Waals surface area contributed by atoms with Gasteiger partial charge >= 0.3 is 0 Å². The van der Waals surface area contributed by atoms with Crippen molar-refractivity contribution in [2.75, 3.05) is 4.90 Å². The number of benzene rings is 3. The number of fused-ring (bicyclic) bond motifs is 2. The van der Waals surface area contributed by atoms with Gasteiger partial charge in [0.2, 0.25) is 11.8 Å². The van der Waals surface area contributed by atoms with Crippen LogP contribution in [0.15, 0.2) is 78.9 Å². The fourth-order valence-electron chi connectivity index (χ4n) is 4.09. The van der Waals surface area contributed by atoms with E-state index in [4.69, 9.17) is 4.74 Å². The maximum absolute atomic E-state index is 12.7. The van der Waals surface area contributed by atoms with Crippen LogP contribution in [0.3, 0.4) is 0 Å². The van der Waals surface area contributed by atoms with Gasteiger partial charge in [-0.05, 0) is 60.0 Å². The second kappa shape index (κ2) is 6.64. The number of allylic oxidation sites excluding steroid dienone is 2. The summed E-state index contributed by atoms with van der Waals surface area (Å²) in [5, 5.41) is 2.27. The number of nitrogens with zero attached hydrogens (tertiary/aromatic N) is 1. The Labute approximate surface area is 163 Å². The van der Waals surface area contributed by atoms with Crippen LogP contribution in [0.2, 0.25) is 0 Å². The van der Waals surface area contributed by atoms with E-state index < -0.39 is 0 Å². The third-order valence-corrected chi connectivity index (χ3v) is 5.56. The van der Waals surface area contributed by atoms with Gasteiger partial charge < -0.3 is 4.74 Å². The quantitative estimate of drug-likeness (QED) is 0.477. The Bertz CT molecular complexity index is 1070. The van der Waals surface area contributed by atoms with Crippen molar-refractivity contribution in [3.05, 3.63) is 78.9 Å². The molecule has 0 bridgehead atoms. The molecule has 138 valence electrons. The Morgan fingerprint density at radius 3 is 2.00 bits per heavy atom. The van der Waals surface area contributed by atoms with E-state index in [1.165, 1.54) is 4.90 Å². The highest BCUT2D eigenvalue weighted by Gasteiger charge is 2.47. The standard InChI is InChI=1S/C24H19NO3/c26-23-21-7-3-4-8-22(21)24(27)25(23)18-10-13-19(14-11-18)28-20-12-9-16-5-1-2-6-17(16)15-20/h1-6,9-15,21-22H,7-8H2/t21-,22-/m0/s1. The number of carbonyl (C=O) groups excluding carboxylic acids is 2. The number of rotatable bonds is 3. The van der Waals surface area contributed by atoms with E-state index in [9.17, 15) is 9.59 Å². The van der Waals surface area contributed by atoms with Crippen molar-refractivity contribution in [1.29, 1.82) is 0 Å². The van der Waals surface area contributed by atoms with Crippen molar-refractivity contribution >= 4 is 28.3 Å². The molecule has 28 heavy (non-hydrogen) atoms. The number of carbonyl (C=O) groups is 2. The number of hydrogen-bond acceptors (Lipinski definition) is 3. The van der Waals surface area contributed by atoms with Crippen LogP contribution < -0.4 is 9.64 Å². The molecule has 1 saturated heterocycles. The average Bonchev–Trinajstić information content (AvgIpc) is 2.99. The summed E-state index contributed by atoms with van der Waals surface area (Å²) < 4.78 is 5.95. The molecule has 4 nitrogen and oxygen atoms in total. The molecule has 2 amide bonds. The van der Waals surface area contributed by atoms with E-state index in [1.54, 1.807) is 24.3 Å². The minimum Gasteiger partial charge on any atom is -0.457 e. The fourth-order valence-corrected chi connectivity index (χ4v) is 4.09. The van der Waals surface area contributed by atoms with Crippen LogP contribution in [0.1, 0.15) is 12.8 Å². The van der Waals surface area contributed by atoms with E-state index in [1.807, 2.05) is 48.6 Å². The highest BCUT2D eigenvalue weighted by Crippen LogP contribution is 2.38. The van der Waals surface area contributed by atoms with Crippen LogP contribution in [0.4, 0.5) is 5.69 Å². The number of amides is 2. The second-order valence-corrected chi connectivity index (χ2v) is 7.27. The molecule has 0 unspecified atom stereocenters. The Balaban J connectivity index is 1.37. The van der Waals surface area contributed by atoms with Crippen LogP contribution in [0.25, 0.3) is 10.8 Å². The van der Waals surface area contributed by atoms with Gasteiger partial charge in [-0.1, -0.05) is 42.5 Å². The van der Waals surface area contributed by atoms with Gasteiger partial charge in [0.25, 0.3) is 0 Å². The van der Waals surface area contributed by atoms with E-state index in [0.717, 1.165) is 16.5 Å². The molecule has 0 N–H and O–H groups in total. The zero-order valence-electron chi connectivity index (χ0n) is 15.2.